The van der Waals surface area contributed by atoms with Crippen molar-refractivity contribution >= 4 is 5.97 Å². The normalized spacial score (nSPS) is 11.5. The SMILES string of the molecule is CCCCCCCCCCCCCCCCCCCCCCC(=O)OCCCCCCCCCCCCCCCC(C)C. The van der Waals surface area contributed by atoms with Crippen LogP contribution in [0.4, 0.5) is 0 Å². The molecule has 258 valence electrons. The van der Waals surface area contributed by atoms with Crippen molar-refractivity contribution in [2.24, 2.45) is 5.92 Å². The smallest absolute Gasteiger partial charge is 0.305 e. The van der Waals surface area contributed by atoms with Gasteiger partial charge in [-0.2, -0.15) is 0 Å². The maximum absolute atomic E-state index is 12.0. The second-order valence-corrected chi connectivity index (χ2v) is 14.5. The van der Waals surface area contributed by atoms with Gasteiger partial charge in [0.05, 0.1) is 6.61 Å². The van der Waals surface area contributed by atoms with Gasteiger partial charge in [0.25, 0.3) is 0 Å². The van der Waals surface area contributed by atoms with Crippen molar-refractivity contribution in [3.05, 3.63) is 0 Å². The van der Waals surface area contributed by atoms with Gasteiger partial charge < -0.3 is 4.74 Å². The Kier molecular flexibility index (Phi) is 37.2. The summed E-state index contributed by atoms with van der Waals surface area (Å²) in [5, 5.41) is 0. The molecule has 0 aromatic carbocycles. The average Bonchev–Trinajstić information content (AvgIpc) is 2.99. The molecule has 0 heterocycles. The molecule has 0 unspecified atom stereocenters. The zero-order chi connectivity index (χ0) is 31.3. The van der Waals surface area contributed by atoms with Crippen molar-refractivity contribution in [1.29, 1.82) is 0 Å². The second-order valence-electron chi connectivity index (χ2n) is 14.5. The lowest BCUT2D eigenvalue weighted by molar-refractivity contribution is -0.143. The molecule has 0 amide bonds. The Morgan fingerprint density at radius 2 is 0.674 bits per heavy atom. The van der Waals surface area contributed by atoms with Crippen LogP contribution in [0.15, 0.2) is 0 Å². The van der Waals surface area contributed by atoms with E-state index in [2.05, 4.69) is 20.8 Å². The molecule has 0 rings (SSSR count). The van der Waals surface area contributed by atoms with Gasteiger partial charge in [-0.05, 0) is 18.8 Å². The van der Waals surface area contributed by atoms with E-state index in [0.717, 1.165) is 18.8 Å². The number of hydrogen-bond donors (Lipinski definition) is 0. The predicted octanol–water partition coefficient (Wildman–Crippen LogP) is 14.9. The number of ether oxygens (including phenoxy) is 1. The lowest BCUT2D eigenvalue weighted by Crippen LogP contribution is -2.05. The summed E-state index contributed by atoms with van der Waals surface area (Å²) < 4.78 is 5.46. The third-order valence-electron chi connectivity index (χ3n) is 9.42. The van der Waals surface area contributed by atoms with Gasteiger partial charge in [0.2, 0.25) is 0 Å². The molecule has 0 aliphatic heterocycles. The topological polar surface area (TPSA) is 26.3 Å². The van der Waals surface area contributed by atoms with Crippen LogP contribution in [0.25, 0.3) is 0 Å². The molecule has 0 aliphatic rings. The van der Waals surface area contributed by atoms with E-state index in [-0.39, 0.29) is 5.97 Å². The zero-order valence-electron chi connectivity index (χ0n) is 30.3. The average molecular weight is 607 g/mol. The number of hydrogen-bond acceptors (Lipinski definition) is 2. The fourth-order valence-electron chi connectivity index (χ4n) is 6.38. The molecule has 0 bridgehead atoms. The Morgan fingerprint density at radius 3 is 1.00 bits per heavy atom. The molecule has 0 aliphatic carbocycles. The van der Waals surface area contributed by atoms with E-state index in [9.17, 15) is 4.79 Å². The third kappa shape index (κ3) is 39.4. The number of esters is 1. The summed E-state index contributed by atoms with van der Waals surface area (Å²) in [5.41, 5.74) is 0. The highest BCUT2D eigenvalue weighted by molar-refractivity contribution is 5.69. The summed E-state index contributed by atoms with van der Waals surface area (Å²) in [6.07, 6.45) is 47.6. The molecule has 0 N–H and O–H groups in total. The zero-order valence-corrected chi connectivity index (χ0v) is 30.3. The van der Waals surface area contributed by atoms with Gasteiger partial charge in [-0.3, -0.25) is 4.79 Å². The summed E-state index contributed by atoms with van der Waals surface area (Å²) in [5.74, 6) is 0.903. The van der Waals surface area contributed by atoms with E-state index in [1.165, 1.54) is 205 Å². The Bertz CT molecular complexity index is 514. The molecule has 0 spiro atoms. The summed E-state index contributed by atoms with van der Waals surface area (Å²) in [6, 6.07) is 0. The van der Waals surface area contributed by atoms with Crippen molar-refractivity contribution in [1.82, 2.24) is 0 Å². The van der Waals surface area contributed by atoms with E-state index in [0.29, 0.717) is 13.0 Å². The molecule has 0 aromatic heterocycles. The molecule has 2 nitrogen and oxygen atoms in total. The van der Waals surface area contributed by atoms with E-state index in [1.807, 2.05) is 0 Å². The molecule has 0 fully saturated rings. The molecule has 0 radical (unpaired) electrons. The predicted molar refractivity (Wildman–Crippen MR) is 193 cm³/mol. The molecule has 0 aromatic rings. The lowest BCUT2D eigenvalue weighted by Gasteiger charge is -2.06. The highest BCUT2D eigenvalue weighted by atomic mass is 16.5. The van der Waals surface area contributed by atoms with Crippen LogP contribution >= 0.6 is 0 Å². The minimum Gasteiger partial charge on any atom is -0.466 e. The quantitative estimate of drug-likeness (QED) is 0.0519. The molecule has 2 heteroatoms. The fourth-order valence-corrected chi connectivity index (χ4v) is 6.38. The lowest BCUT2D eigenvalue weighted by atomic mass is 10.0. The Balaban J connectivity index is 3.15. The van der Waals surface area contributed by atoms with Gasteiger partial charge in [-0.15, -0.1) is 0 Å². The first-order chi connectivity index (χ1) is 21.2. The Labute approximate surface area is 273 Å². The van der Waals surface area contributed by atoms with Gasteiger partial charge in [0, 0.05) is 6.42 Å². The first kappa shape index (κ1) is 42.5. The largest absolute Gasteiger partial charge is 0.466 e. The van der Waals surface area contributed by atoms with Crippen LogP contribution in [0.1, 0.15) is 245 Å². The monoisotopic (exact) mass is 607 g/mol. The van der Waals surface area contributed by atoms with Crippen LogP contribution in [-0.2, 0) is 9.53 Å². The van der Waals surface area contributed by atoms with Crippen molar-refractivity contribution in [2.75, 3.05) is 6.61 Å². The van der Waals surface area contributed by atoms with Crippen molar-refractivity contribution in [3.63, 3.8) is 0 Å². The number of carbonyl (C=O) groups is 1. The Morgan fingerprint density at radius 1 is 0.395 bits per heavy atom. The molecule has 0 saturated carbocycles. The maximum atomic E-state index is 12.0. The van der Waals surface area contributed by atoms with E-state index < -0.39 is 0 Å². The summed E-state index contributed by atoms with van der Waals surface area (Å²) >= 11 is 0. The van der Waals surface area contributed by atoms with Crippen molar-refractivity contribution in [2.45, 2.75) is 245 Å². The van der Waals surface area contributed by atoms with Gasteiger partial charge in [0.1, 0.15) is 0 Å². The maximum Gasteiger partial charge on any atom is 0.305 e. The first-order valence-electron chi connectivity index (χ1n) is 20.3. The van der Waals surface area contributed by atoms with Crippen molar-refractivity contribution in [3.8, 4) is 0 Å². The first-order valence-corrected chi connectivity index (χ1v) is 20.3. The number of unbranched alkanes of at least 4 members (excludes halogenated alkanes) is 31. The molecule has 0 atom stereocenters. The molecule has 0 saturated heterocycles. The second kappa shape index (κ2) is 37.7. The van der Waals surface area contributed by atoms with Crippen LogP contribution < -0.4 is 0 Å². The summed E-state index contributed by atoms with van der Waals surface area (Å²) in [7, 11) is 0. The van der Waals surface area contributed by atoms with Crippen LogP contribution in [0.3, 0.4) is 0 Å². The third-order valence-corrected chi connectivity index (χ3v) is 9.42. The summed E-state index contributed by atoms with van der Waals surface area (Å²) in [4.78, 5) is 12.0. The van der Waals surface area contributed by atoms with Crippen LogP contribution in [0.2, 0.25) is 0 Å². The van der Waals surface area contributed by atoms with Gasteiger partial charge >= 0.3 is 5.97 Å². The standard InChI is InChI=1S/C41H82O2/c1-4-5-6-7-8-9-10-11-12-13-14-15-16-17-20-23-26-29-32-35-38-41(42)43-39-36-33-30-27-24-21-18-19-22-25-28-31-34-37-40(2)3/h40H,4-39H2,1-3H3. The van der Waals surface area contributed by atoms with Gasteiger partial charge in [0.15, 0.2) is 0 Å². The Hall–Kier alpha value is -0.530. The van der Waals surface area contributed by atoms with Gasteiger partial charge in [-0.1, -0.05) is 226 Å². The van der Waals surface area contributed by atoms with E-state index in [1.54, 1.807) is 0 Å². The van der Waals surface area contributed by atoms with E-state index in [4.69, 9.17) is 4.74 Å². The number of carbonyl (C=O) groups excluding carboxylic acids is 1. The van der Waals surface area contributed by atoms with Gasteiger partial charge in [-0.25, -0.2) is 0 Å². The highest BCUT2D eigenvalue weighted by Crippen LogP contribution is 2.16. The minimum absolute atomic E-state index is 0.0299. The van der Waals surface area contributed by atoms with Crippen LogP contribution in [0, 0.1) is 5.92 Å². The molecular weight excluding hydrogens is 524 g/mol. The van der Waals surface area contributed by atoms with Crippen LogP contribution in [0.5, 0.6) is 0 Å². The van der Waals surface area contributed by atoms with Crippen molar-refractivity contribution < 1.29 is 9.53 Å². The fraction of sp³-hybridized carbons (Fsp3) is 0.976. The minimum atomic E-state index is 0.0299. The molecule has 43 heavy (non-hydrogen) atoms. The highest BCUT2D eigenvalue weighted by Gasteiger charge is 2.03. The van der Waals surface area contributed by atoms with Crippen LogP contribution in [-0.4, -0.2) is 12.6 Å². The number of rotatable bonds is 37. The molecular formula is C41H82O2. The summed E-state index contributed by atoms with van der Waals surface area (Å²) in [6.45, 7) is 7.60. The van der Waals surface area contributed by atoms with E-state index >= 15 is 0 Å².